The molecule has 33 heavy (non-hydrogen) atoms. The first kappa shape index (κ1) is 23.3. The fraction of sp³-hybridized carbons (Fsp3) is 0.130. The van der Waals surface area contributed by atoms with Crippen LogP contribution in [-0.4, -0.2) is 35.6 Å². The lowest BCUT2D eigenvalue weighted by molar-refractivity contribution is -0.136. The smallest absolute Gasteiger partial charge is 0.351 e. The number of aliphatic hydroxyl groups is 1. The summed E-state index contributed by atoms with van der Waals surface area (Å²) >= 11 is 0.902. The summed E-state index contributed by atoms with van der Waals surface area (Å²) < 4.78 is 11.8. The van der Waals surface area contributed by atoms with Crippen molar-refractivity contribution in [2.24, 2.45) is 5.10 Å². The molecule has 9 nitrogen and oxygen atoms in total. The molecule has 3 N–H and O–H groups in total. The summed E-state index contributed by atoms with van der Waals surface area (Å²) in [6, 6.07) is 17.8. The minimum atomic E-state index is -0.803. The van der Waals surface area contributed by atoms with Gasteiger partial charge in [-0.1, -0.05) is 18.2 Å². The molecule has 0 bridgehead atoms. The molecule has 0 fully saturated rings. The number of benzene rings is 2. The quantitative estimate of drug-likeness (QED) is 0.276. The third-order valence-electron chi connectivity index (χ3n) is 4.38. The predicted molar refractivity (Wildman–Crippen MR) is 124 cm³/mol. The van der Waals surface area contributed by atoms with Crippen LogP contribution in [0.4, 0.5) is 0 Å². The molecular weight excluding hydrogens is 442 g/mol. The number of methoxy groups -OCH3 is 1. The SMILES string of the molecule is CCOC(=O)/C(C#N)=c1/sc(=C(O)N/N=C/c2ccc(OC)cc2)c(=N)n1-c1ccccc1. The van der Waals surface area contributed by atoms with Crippen molar-refractivity contribution in [1.29, 1.82) is 10.7 Å². The van der Waals surface area contributed by atoms with E-state index in [0.29, 0.717) is 11.4 Å². The molecule has 168 valence electrons. The van der Waals surface area contributed by atoms with Crippen LogP contribution in [-0.2, 0) is 9.53 Å². The highest BCUT2D eigenvalue weighted by Crippen LogP contribution is 2.09. The van der Waals surface area contributed by atoms with Crippen LogP contribution in [0, 0.1) is 16.7 Å². The van der Waals surface area contributed by atoms with E-state index in [2.05, 4.69) is 10.5 Å². The summed E-state index contributed by atoms with van der Waals surface area (Å²) in [7, 11) is 1.57. The number of nitrogens with zero attached hydrogens (tertiary/aromatic N) is 3. The van der Waals surface area contributed by atoms with Gasteiger partial charge in [-0.2, -0.15) is 10.4 Å². The molecule has 0 spiro atoms. The first-order valence-corrected chi connectivity index (χ1v) is 10.6. The van der Waals surface area contributed by atoms with Crippen molar-refractivity contribution >= 4 is 35.0 Å². The summed E-state index contributed by atoms with van der Waals surface area (Å²) in [6.07, 6.45) is 1.49. The second-order valence-corrected chi connectivity index (χ2v) is 7.45. The number of hydrazone groups is 1. The molecule has 1 heterocycles. The fourth-order valence-electron chi connectivity index (χ4n) is 2.83. The van der Waals surface area contributed by atoms with E-state index in [0.717, 1.165) is 16.9 Å². The number of hydrogen-bond acceptors (Lipinski definition) is 9. The van der Waals surface area contributed by atoms with E-state index in [-0.39, 0.29) is 26.9 Å². The Balaban J connectivity index is 2.12. The van der Waals surface area contributed by atoms with Crippen molar-refractivity contribution in [1.82, 2.24) is 9.99 Å². The normalized spacial score (nSPS) is 12.6. The molecular formula is C23H21N5O4S. The number of nitrogens with one attached hydrogen (secondary N) is 2. The van der Waals surface area contributed by atoms with Crippen LogP contribution in [0.25, 0.3) is 17.1 Å². The maximum atomic E-state index is 12.4. The Morgan fingerprint density at radius 1 is 1.27 bits per heavy atom. The first-order chi connectivity index (χ1) is 16.0. The van der Waals surface area contributed by atoms with Gasteiger partial charge < -0.3 is 14.6 Å². The number of carbonyl (C=O) groups is 1. The molecule has 10 heteroatoms. The lowest BCUT2D eigenvalue weighted by Gasteiger charge is -2.04. The number of hydrogen-bond donors (Lipinski definition) is 3. The van der Waals surface area contributed by atoms with Gasteiger partial charge in [0.15, 0.2) is 11.1 Å². The van der Waals surface area contributed by atoms with Crippen LogP contribution in [0.5, 0.6) is 5.75 Å². The van der Waals surface area contributed by atoms with E-state index in [1.807, 2.05) is 6.07 Å². The zero-order chi connectivity index (χ0) is 23.8. The van der Waals surface area contributed by atoms with Gasteiger partial charge in [-0.15, -0.1) is 11.3 Å². The lowest BCUT2D eigenvalue weighted by atomic mass is 10.2. The van der Waals surface area contributed by atoms with Crippen LogP contribution in [0.3, 0.4) is 0 Å². The number of ether oxygens (including phenoxy) is 2. The third kappa shape index (κ3) is 5.28. The second kappa shape index (κ2) is 10.8. The van der Waals surface area contributed by atoms with Crippen LogP contribution in [0.1, 0.15) is 12.5 Å². The number of carbonyl (C=O) groups excluding carboxylic acids is 1. The van der Waals surface area contributed by atoms with Gasteiger partial charge in [-0.25, -0.2) is 10.2 Å². The Labute approximate surface area is 193 Å². The second-order valence-electron chi connectivity index (χ2n) is 6.45. The summed E-state index contributed by atoms with van der Waals surface area (Å²) in [4.78, 5) is 12.4. The third-order valence-corrected chi connectivity index (χ3v) is 5.55. The van der Waals surface area contributed by atoms with Gasteiger partial charge >= 0.3 is 5.97 Å². The van der Waals surface area contributed by atoms with Crippen molar-refractivity contribution in [2.45, 2.75) is 6.92 Å². The first-order valence-electron chi connectivity index (χ1n) is 9.80. The molecule has 0 saturated carbocycles. The maximum absolute atomic E-state index is 12.4. The van der Waals surface area contributed by atoms with Crippen LogP contribution in [0.2, 0.25) is 0 Å². The summed E-state index contributed by atoms with van der Waals surface area (Å²) in [5.41, 5.74) is 3.42. The zero-order valence-corrected chi connectivity index (χ0v) is 18.7. The number of esters is 1. The highest BCUT2D eigenvalue weighted by atomic mass is 32.1. The predicted octanol–water partition coefficient (Wildman–Crippen LogP) is 1.51. The minimum Gasteiger partial charge on any atom is -0.497 e. The molecule has 3 aromatic rings. The number of para-hydroxylation sites is 1. The number of thiazole rings is 1. The monoisotopic (exact) mass is 463 g/mol. The molecule has 0 atom stereocenters. The average Bonchev–Trinajstić information content (AvgIpc) is 3.17. The van der Waals surface area contributed by atoms with Gasteiger partial charge in [0.1, 0.15) is 21.0 Å². The van der Waals surface area contributed by atoms with Crippen LogP contribution in [0.15, 0.2) is 59.7 Å². The standard InChI is InChI=1S/C23H21N5O4S/c1-3-32-23(30)18(13-24)22-28(16-7-5-4-6-8-16)20(25)19(33-22)21(29)27-26-14-15-9-11-17(31-2)12-10-15/h4-12,14,25,27,29H,3H2,1-2H3/b21-19?,22-18+,25-20?,26-14+. The van der Waals surface area contributed by atoms with E-state index < -0.39 is 11.9 Å². The molecule has 0 saturated heterocycles. The van der Waals surface area contributed by atoms with E-state index >= 15 is 0 Å². The highest BCUT2D eigenvalue weighted by molar-refractivity contribution is 7.07. The van der Waals surface area contributed by atoms with E-state index in [1.165, 1.54) is 10.8 Å². The van der Waals surface area contributed by atoms with Gasteiger partial charge in [0.05, 0.1) is 19.9 Å². The number of aliphatic hydroxyl groups excluding tert-OH is 1. The molecule has 0 amide bonds. The number of rotatable bonds is 7. The van der Waals surface area contributed by atoms with Gasteiger partial charge in [0, 0.05) is 5.69 Å². The Kier molecular flexibility index (Phi) is 7.62. The molecule has 0 aliphatic heterocycles. The van der Waals surface area contributed by atoms with E-state index in [1.54, 1.807) is 68.6 Å². The van der Waals surface area contributed by atoms with Crippen molar-refractivity contribution < 1.29 is 19.4 Å². The van der Waals surface area contributed by atoms with Crippen LogP contribution < -0.4 is 24.8 Å². The average molecular weight is 464 g/mol. The molecule has 0 aliphatic rings. The molecule has 2 aromatic carbocycles. The largest absolute Gasteiger partial charge is 0.497 e. The van der Waals surface area contributed by atoms with Crippen LogP contribution >= 0.6 is 11.3 Å². The lowest BCUT2D eigenvalue weighted by Crippen LogP contribution is -2.34. The van der Waals surface area contributed by atoms with Crippen molar-refractivity contribution in [3.05, 3.63) is 74.8 Å². The topological polar surface area (TPSA) is 133 Å². The maximum Gasteiger partial charge on any atom is 0.351 e. The Morgan fingerprint density at radius 2 is 1.97 bits per heavy atom. The summed E-state index contributed by atoms with van der Waals surface area (Å²) in [5.74, 6) is -0.495. The molecule has 1 aromatic heterocycles. The van der Waals surface area contributed by atoms with Gasteiger partial charge in [0.25, 0.3) is 0 Å². The molecule has 3 rings (SSSR count). The Hall–Kier alpha value is -4.36. The Morgan fingerprint density at radius 3 is 2.58 bits per heavy atom. The number of nitriles is 1. The highest BCUT2D eigenvalue weighted by Gasteiger charge is 2.17. The van der Waals surface area contributed by atoms with E-state index in [9.17, 15) is 15.2 Å². The summed E-state index contributed by atoms with van der Waals surface area (Å²) in [6.45, 7) is 1.73. The van der Waals surface area contributed by atoms with E-state index in [4.69, 9.17) is 14.9 Å². The molecule has 0 aliphatic carbocycles. The molecule has 0 unspecified atom stereocenters. The zero-order valence-electron chi connectivity index (χ0n) is 17.9. The van der Waals surface area contributed by atoms with Crippen molar-refractivity contribution in [3.8, 4) is 17.5 Å². The van der Waals surface area contributed by atoms with Gasteiger partial charge in [-0.3, -0.25) is 9.98 Å². The summed E-state index contributed by atoms with van der Waals surface area (Å²) in [5, 5.41) is 32.8. The van der Waals surface area contributed by atoms with Crippen molar-refractivity contribution in [3.63, 3.8) is 0 Å². The minimum absolute atomic E-state index is 0.0952. The molecule has 0 radical (unpaired) electrons. The van der Waals surface area contributed by atoms with Gasteiger partial charge in [-0.05, 0) is 48.9 Å². The number of aromatic nitrogens is 1. The Bertz CT molecular complexity index is 1380. The fourth-order valence-corrected chi connectivity index (χ4v) is 3.88. The van der Waals surface area contributed by atoms with Gasteiger partial charge in [0.2, 0.25) is 5.88 Å². The van der Waals surface area contributed by atoms with Crippen molar-refractivity contribution in [2.75, 3.05) is 13.7 Å².